The summed E-state index contributed by atoms with van der Waals surface area (Å²) in [6.45, 7) is 3.62. The first-order valence-corrected chi connectivity index (χ1v) is 4.43. The summed E-state index contributed by atoms with van der Waals surface area (Å²) >= 11 is 10.7. The van der Waals surface area contributed by atoms with Gasteiger partial charge in [-0.15, -0.1) is 19.2 Å². The van der Waals surface area contributed by atoms with E-state index in [0.29, 0.717) is 0 Å². The minimum Gasteiger partial charge on any atom is -0.305 e. The Bertz CT molecular complexity index is 170. The molecule has 10 heavy (non-hydrogen) atoms. The van der Waals surface area contributed by atoms with Gasteiger partial charge in [0.25, 0.3) is 0 Å². The van der Waals surface area contributed by atoms with Crippen LogP contribution in [0.2, 0.25) is 0 Å². The number of thiol groups is 1. The van der Waals surface area contributed by atoms with Crippen molar-refractivity contribution in [1.82, 2.24) is 10.9 Å². The second-order valence-corrected chi connectivity index (χ2v) is 4.96. The van der Waals surface area contributed by atoms with Gasteiger partial charge in [-0.05, 0) is 0 Å². The number of hydrazine groups is 1. The molecule has 0 radical (unpaired) electrons. The number of nitrogens with one attached hydrogen (secondary N) is 2. The highest BCUT2D eigenvalue weighted by Crippen LogP contribution is 2.33. The fourth-order valence-corrected chi connectivity index (χ4v) is 2.48. The summed E-state index contributed by atoms with van der Waals surface area (Å²) < 4.78 is 0.440. The fourth-order valence-electron chi connectivity index (χ4n) is 0.641. The van der Waals surface area contributed by atoms with Gasteiger partial charge in [0, 0.05) is 6.42 Å². The van der Waals surface area contributed by atoms with E-state index in [1.807, 2.05) is 6.08 Å². The zero-order valence-corrected chi connectivity index (χ0v) is 7.78. The molecule has 0 aromatic heterocycles. The van der Waals surface area contributed by atoms with Gasteiger partial charge in [0.2, 0.25) is 0 Å². The molecule has 0 bridgehead atoms. The lowest BCUT2D eigenvalue weighted by atomic mass is 10.4. The van der Waals surface area contributed by atoms with E-state index >= 15 is 0 Å². The van der Waals surface area contributed by atoms with E-state index in [1.165, 1.54) is 11.8 Å². The Morgan fingerprint density at radius 3 is 3.00 bits per heavy atom. The quantitative estimate of drug-likeness (QED) is 0.348. The molecule has 1 aliphatic heterocycles. The van der Waals surface area contributed by atoms with Crippen molar-refractivity contribution in [2.45, 2.75) is 10.6 Å². The van der Waals surface area contributed by atoms with Crippen LogP contribution in [-0.2, 0) is 0 Å². The molecule has 0 aromatic carbocycles. The van der Waals surface area contributed by atoms with Gasteiger partial charge < -0.3 is 5.43 Å². The number of rotatable bonds is 2. The third kappa shape index (κ3) is 1.88. The molecule has 5 heteroatoms. The molecule has 56 valence electrons. The second kappa shape index (κ2) is 3.13. The van der Waals surface area contributed by atoms with E-state index in [1.54, 1.807) is 0 Å². The fraction of sp³-hybridized carbons (Fsp3) is 0.400. The highest BCUT2D eigenvalue weighted by molar-refractivity contribution is 8.28. The topological polar surface area (TPSA) is 24.1 Å². The molecule has 0 aromatic rings. The van der Waals surface area contributed by atoms with E-state index in [9.17, 15) is 0 Å². The minimum absolute atomic E-state index is 0.293. The maximum absolute atomic E-state index is 4.89. The highest BCUT2D eigenvalue weighted by Gasteiger charge is 2.31. The molecule has 0 saturated carbocycles. The summed E-state index contributed by atoms with van der Waals surface area (Å²) in [4.78, 5) is 0. The SMILES string of the molecule is C=CCC1(S)NNC(=S)S1. The van der Waals surface area contributed by atoms with Gasteiger partial charge in [0.15, 0.2) is 4.32 Å². The molecule has 2 nitrogen and oxygen atoms in total. The maximum atomic E-state index is 4.89. The lowest BCUT2D eigenvalue weighted by Crippen LogP contribution is -2.37. The normalized spacial score (nSPS) is 31.9. The number of hydrogen-bond acceptors (Lipinski definition) is 4. The summed E-state index contributed by atoms with van der Waals surface area (Å²) in [5, 5.41) is 0. The van der Waals surface area contributed by atoms with Crippen LogP contribution in [-0.4, -0.2) is 8.52 Å². The smallest absolute Gasteiger partial charge is 0.150 e. The van der Waals surface area contributed by atoms with Gasteiger partial charge in [0.05, 0.1) is 0 Å². The van der Waals surface area contributed by atoms with Crippen molar-refractivity contribution >= 4 is 40.9 Å². The van der Waals surface area contributed by atoms with Crippen molar-refractivity contribution < 1.29 is 0 Å². The van der Waals surface area contributed by atoms with Crippen molar-refractivity contribution in [3.63, 3.8) is 0 Å². The zero-order chi connectivity index (χ0) is 7.61. The Morgan fingerprint density at radius 2 is 2.60 bits per heavy atom. The Hall–Kier alpha value is 0.290. The van der Waals surface area contributed by atoms with E-state index in [2.05, 4.69) is 30.1 Å². The Kier molecular flexibility index (Phi) is 2.62. The molecule has 2 N–H and O–H groups in total. The van der Waals surface area contributed by atoms with Crippen molar-refractivity contribution in [3.8, 4) is 0 Å². The average Bonchev–Trinajstić information content (AvgIpc) is 2.12. The molecule has 0 spiro atoms. The lowest BCUT2D eigenvalue weighted by molar-refractivity contribution is 0.611. The summed E-state index contributed by atoms with van der Waals surface area (Å²) in [5.74, 6) is 0. The largest absolute Gasteiger partial charge is 0.305 e. The standard InChI is InChI=1S/C5H8N2S3/c1-2-3-5(9)7-6-4(8)10-5/h2,7,9H,1,3H2,(H,6,8). The minimum atomic E-state index is -0.293. The molecule has 0 aliphatic carbocycles. The van der Waals surface area contributed by atoms with Crippen LogP contribution in [0.3, 0.4) is 0 Å². The average molecular weight is 192 g/mol. The summed E-state index contributed by atoms with van der Waals surface area (Å²) in [6.07, 6.45) is 2.58. The first-order valence-electron chi connectivity index (χ1n) is 2.76. The van der Waals surface area contributed by atoms with Gasteiger partial charge in [-0.3, -0.25) is 0 Å². The van der Waals surface area contributed by atoms with E-state index in [4.69, 9.17) is 12.2 Å². The third-order valence-corrected chi connectivity index (χ3v) is 2.86. The predicted octanol–water partition coefficient (Wildman–Crippen LogP) is 1.27. The molecule has 1 heterocycles. The molecule has 1 saturated heterocycles. The first-order chi connectivity index (χ1) is 4.66. The van der Waals surface area contributed by atoms with Gasteiger partial charge in [0.1, 0.15) is 4.20 Å². The van der Waals surface area contributed by atoms with Gasteiger partial charge in [-0.25, -0.2) is 5.43 Å². The van der Waals surface area contributed by atoms with Gasteiger partial charge >= 0.3 is 0 Å². The lowest BCUT2D eigenvalue weighted by Gasteiger charge is -2.16. The number of hydrogen-bond donors (Lipinski definition) is 3. The first kappa shape index (κ1) is 8.39. The van der Waals surface area contributed by atoms with Gasteiger partial charge in [-0.1, -0.05) is 30.1 Å². The number of thiocarbonyl (C=S) groups is 1. The summed E-state index contributed by atoms with van der Waals surface area (Å²) in [7, 11) is 0. The van der Waals surface area contributed by atoms with E-state index in [0.717, 1.165) is 10.7 Å². The molecule has 1 atom stereocenters. The maximum Gasteiger partial charge on any atom is 0.150 e. The van der Waals surface area contributed by atoms with Crippen LogP contribution >= 0.6 is 36.6 Å². The van der Waals surface area contributed by atoms with Gasteiger partial charge in [-0.2, -0.15) is 0 Å². The zero-order valence-electron chi connectivity index (χ0n) is 5.26. The molecule has 1 unspecified atom stereocenters. The van der Waals surface area contributed by atoms with Crippen LogP contribution in [0.4, 0.5) is 0 Å². The molecular weight excluding hydrogens is 184 g/mol. The second-order valence-electron chi connectivity index (χ2n) is 1.92. The van der Waals surface area contributed by atoms with Crippen molar-refractivity contribution in [3.05, 3.63) is 12.7 Å². The Balaban J connectivity index is 2.53. The van der Waals surface area contributed by atoms with Crippen molar-refractivity contribution in [1.29, 1.82) is 0 Å². The van der Waals surface area contributed by atoms with Crippen molar-refractivity contribution in [2.24, 2.45) is 0 Å². The molecule has 1 fully saturated rings. The van der Waals surface area contributed by atoms with Crippen LogP contribution in [0.15, 0.2) is 12.7 Å². The highest BCUT2D eigenvalue weighted by atomic mass is 32.2. The van der Waals surface area contributed by atoms with Crippen molar-refractivity contribution in [2.75, 3.05) is 0 Å². The predicted molar refractivity (Wildman–Crippen MR) is 53.0 cm³/mol. The molecule has 1 rings (SSSR count). The summed E-state index contributed by atoms with van der Waals surface area (Å²) in [6, 6.07) is 0. The van der Waals surface area contributed by atoms with E-state index < -0.39 is 0 Å². The van der Waals surface area contributed by atoms with Crippen LogP contribution in [0.5, 0.6) is 0 Å². The van der Waals surface area contributed by atoms with E-state index in [-0.39, 0.29) is 4.20 Å². The van der Waals surface area contributed by atoms with Crippen LogP contribution in [0.1, 0.15) is 6.42 Å². The monoisotopic (exact) mass is 192 g/mol. The van der Waals surface area contributed by atoms with Crippen LogP contribution < -0.4 is 10.9 Å². The summed E-state index contributed by atoms with van der Waals surface area (Å²) in [5.41, 5.74) is 5.76. The Labute approximate surface area is 75.2 Å². The third-order valence-electron chi connectivity index (χ3n) is 1.04. The number of thioether (sulfide) groups is 1. The molecule has 1 aliphatic rings. The molecular formula is C5H8N2S3. The molecule has 0 amide bonds. The van der Waals surface area contributed by atoms with Crippen LogP contribution in [0.25, 0.3) is 0 Å². The Morgan fingerprint density at radius 1 is 1.90 bits per heavy atom. The van der Waals surface area contributed by atoms with Crippen LogP contribution in [0, 0.1) is 0 Å².